The van der Waals surface area contributed by atoms with Crippen molar-refractivity contribution in [1.29, 1.82) is 0 Å². The Balaban J connectivity index is 3.24. The predicted molar refractivity (Wildman–Crippen MR) is 81.8 cm³/mol. The van der Waals surface area contributed by atoms with Gasteiger partial charge in [-0.3, -0.25) is 0 Å². The second kappa shape index (κ2) is 11.0. The predicted octanol–water partition coefficient (Wildman–Crippen LogP) is 2.98. The largest absolute Gasteiger partial charge is 0.380 e. The first-order valence-electron chi connectivity index (χ1n) is 4.96. The first-order valence-corrected chi connectivity index (χ1v) is 8.33. The maximum Gasteiger partial charge on any atom is 0.144 e. The van der Waals surface area contributed by atoms with E-state index in [1.54, 1.807) is 21.6 Å². The standard InChI is InChI=1S/C9H18N2S4/c1-3-10-8(12)6-4-5-7-11-9(13)15-14-2/h3-7H2,1-2H3,(H,10,12)(H,11,13). The van der Waals surface area contributed by atoms with E-state index in [1.807, 2.05) is 6.26 Å². The van der Waals surface area contributed by atoms with E-state index < -0.39 is 0 Å². The number of unbranched alkanes of at least 4 members (excludes halogenated alkanes) is 1. The van der Waals surface area contributed by atoms with Gasteiger partial charge in [-0.15, -0.1) is 0 Å². The normalized spacial score (nSPS) is 9.73. The van der Waals surface area contributed by atoms with Crippen LogP contribution in [0.1, 0.15) is 26.2 Å². The summed E-state index contributed by atoms with van der Waals surface area (Å²) in [5.41, 5.74) is 0. The van der Waals surface area contributed by atoms with Crippen LogP contribution in [0.25, 0.3) is 0 Å². The van der Waals surface area contributed by atoms with Gasteiger partial charge in [0, 0.05) is 13.1 Å². The fraction of sp³-hybridized carbons (Fsp3) is 0.778. The molecule has 0 aromatic heterocycles. The third-order valence-electron chi connectivity index (χ3n) is 1.63. The van der Waals surface area contributed by atoms with Crippen LogP contribution in [0.3, 0.4) is 0 Å². The van der Waals surface area contributed by atoms with E-state index in [2.05, 4.69) is 17.6 Å². The summed E-state index contributed by atoms with van der Waals surface area (Å²) < 4.78 is 0.872. The van der Waals surface area contributed by atoms with Crippen LogP contribution in [0.2, 0.25) is 0 Å². The molecule has 0 rings (SSSR count). The van der Waals surface area contributed by atoms with Crippen molar-refractivity contribution >= 4 is 55.3 Å². The average Bonchev–Trinajstić information content (AvgIpc) is 2.18. The summed E-state index contributed by atoms with van der Waals surface area (Å²) in [6.07, 6.45) is 5.23. The fourth-order valence-corrected chi connectivity index (χ4v) is 2.94. The molecule has 0 spiro atoms. The van der Waals surface area contributed by atoms with Crippen LogP contribution in [0.4, 0.5) is 0 Å². The zero-order valence-corrected chi connectivity index (χ0v) is 12.4. The molecule has 0 aromatic carbocycles. The van der Waals surface area contributed by atoms with Crippen LogP contribution in [-0.2, 0) is 0 Å². The molecule has 0 amide bonds. The van der Waals surface area contributed by atoms with Gasteiger partial charge in [0.2, 0.25) is 0 Å². The van der Waals surface area contributed by atoms with Gasteiger partial charge in [-0.1, -0.05) is 35.2 Å². The molecule has 0 aliphatic carbocycles. The lowest BCUT2D eigenvalue weighted by Gasteiger charge is -2.06. The molecule has 6 heteroatoms. The highest BCUT2D eigenvalue weighted by Gasteiger charge is 1.97. The smallest absolute Gasteiger partial charge is 0.144 e. The molecule has 0 aliphatic heterocycles. The van der Waals surface area contributed by atoms with Gasteiger partial charge >= 0.3 is 0 Å². The Kier molecular flexibility index (Phi) is 11.3. The molecule has 0 saturated carbocycles. The maximum absolute atomic E-state index is 5.13. The van der Waals surface area contributed by atoms with Gasteiger partial charge in [0.1, 0.15) is 4.32 Å². The second-order valence-corrected chi connectivity index (χ2v) is 6.44. The van der Waals surface area contributed by atoms with Crippen LogP contribution in [0.5, 0.6) is 0 Å². The van der Waals surface area contributed by atoms with E-state index in [9.17, 15) is 0 Å². The average molecular weight is 283 g/mol. The molecule has 0 atom stereocenters. The lowest BCUT2D eigenvalue weighted by molar-refractivity contribution is 0.730. The van der Waals surface area contributed by atoms with Crippen LogP contribution in [-0.4, -0.2) is 28.7 Å². The Morgan fingerprint density at radius 1 is 1.20 bits per heavy atom. The summed E-state index contributed by atoms with van der Waals surface area (Å²) in [4.78, 5) is 0.971. The van der Waals surface area contributed by atoms with E-state index in [4.69, 9.17) is 24.4 Å². The molecule has 0 saturated heterocycles. The van der Waals surface area contributed by atoms with Gasteiger partial charge in [-0.2, -0.15) is 0 Å². The molecule has 0 unspecified atom stereocenters. The molecule has 2 nitrogen and oxygen atoms in total. The van der Waals surface area contributed by atoms with Crippen molar-refractivity contribution in [2.75, 3.05) is 19.3 Å². The molecule has 0 aliphatic rings. The molecule has 0 aromatic rings. The minimum absolute atomic E-state index is 0.872. The number of rotatable bonds is 7. The topological polar surface area (TPSA) is 24.1 Å². The first-order chi connectivity index (χ1) is 7.20. The highest BCUT2D eigenvalue weighted by molar-refractivity contribution is 8.83. The van der Waals surface area contributed by atoms with E-state index >= 15 is 0 Å². The molecule has 88 valence electrons. The number of hydrogen-bond acceptors (Lipinski definition) is 4. The summed E-state index contributed by atoms with van der Waals surface area (Å²) in [7, 11) is 3.27. The Morgan fingerprint density at radius 2 is 1.93 bits per heavy atom. The van der Waals surface area contributed by atoms with Crippen molar-refractivity contribution in [1.82, 2.24) is 10.6 Å². The Hall–Kier alpha value is 0.480. The molecule has 0 fully saturated rings. The van der Waals surface area contributed by atoms with Crippen molar-refractivity contribution in [2.45, 2.75) is 26.2 Å². The molecular formula is C9H18N2S4. The van der Waals surface area contributed by atoms with Crippen molar-refractivity contribution in [3.8, 4) is 0 Å². The van der Waals surface area contributed by atoms with Crippen molar-refractivity contribution < 1.29 is 0 Å². The van der Waals surface area contributed by atoms with Crippen LogP contribution >= 0.6 is 46.0 Å². The zero-order valence-electron chi connectivity index (χ0n) is 9.17. The summed E-state index contributed by atoms with van der Waals surface area (Å²) >= 11 is 10.2. The number of hydrogen-bond donors (Lipinski definition) is 2. The molecular weight excluding hydrogens is 264 g/mol. The van der Waals surface area contributed by atoms with Gasteiger partial charge in [0.15, 0.2) is 0 Å². The Bertz CT molecular complexity index is 177. The van der Waals surface area contributed by atoms with E-state index in [0.29, 0.717) is 0 Å². The second-order valence-electron chi connectivity index (χ2n) is 2.87. The summed E-state index contributed by atoms with van der Waals surface area (Å²) in [5, 5.41) is 6.34. The van der Waals surface area contributed by atoms with Gasteiger partial charge in [-0.05, 0) is 43.2 Å². The molecule has 0 radical (unpaired) electrons. The summed E-state index contributed by atoms with van der Waals surface area (Å²) in [6.45, 7) is 3.93. The molecule has 15 heavy (non-hydrogen) atoms. The zero-order chi connectivity index (χ0) is 11.5. The van der Waals surface area contributed by atoms with Gasteiger partial charge in [-0.25, -0.2) is 0 Å². The van der Waals surface area contributed by atoms with Gasteiger partial charge < -0.3 is 10.6 Å². The van der Waals surface area contributed by atoms with Crippen LogP contribution in [0, 0.1) is 0 Å². The molecule has 0 heterocycles. The first kappa shape index (κ1) is 15.5. The molecule has 0 bridgehead atoms. The highest BCUT2D eigenvalue weighted by atomic mass is 33.1. The van der Waals surface area contributed by atoms with E-state index in [0.717, 1.165) is 41.7 Å². The van der Waals surface area contributed by atoms with Crippen LogP contribution in [0.15, 0.2) is 0 Å². The van der Waals surface area contributed by atoms with Crippen molar-refractivity contribution in [2.24, 2.45) is 0 Å². The van der Waals surface area contributed by atoms with Crippen LogP contribution < -0.4 is 10.6 Å². The summed E-state index contributed by atoms with van der Waals surface area (Å²) in [6, 6.07) is 0. The monoisotopic (exact) mass is 282 g/mol. The summed E-state index contributed by atoms with van der Waals surface area (Å²) in [5.74, 6) is 0. The minimum Gasteiger partial charge on any atom is -0.380 e. The SMILES string of the molecule is CCNC(=S)CCCCNC(=S)SSC. The Morgan fingerprint density at radius 3 is 2.53 bits per heavy atom. The van der Waals surface area contributed by atoms with Crippen molar-refractivity contribution in [3.63, 3.8) is 0 Å². The van der Waals surface area contributed by atoms with E-state index in [-0.39, 0.29) is 0 Å². The quantitative estimate of drug-likeness (QED) is 0.423. The maximum atomic E-state index is 5.13. The molecule has 2 N–H and O–H groups in total. The lowest BCUT2D eigenvalue weighted by Crippen LogP contribution is -2.22. The Labute approximate surface area is 111 Å². The van der Waals surface area contributed by atoms with Crippen molar-refractivity contribution in [3.05, 3.63) is 0 Å². The van der Waals surface area contributed by atoms with Gasteiger partial charge in [0.25, 0.3) is 0 Å². The minimum atomic E-state index is 0.872. The lowest BCUT2D eigenvalue weighted by atomic mass is 10.2. The number of nitrogens with one attached hydrogen (secondary N) is 2. The third-order valence-corrected chi connectivity index (χ3v) is 4.15. The van der Waals surface area contributed by atoms with E-state index in [1.165, 1.54) is 0 Å². The van der Waals surface area contributed by atoms with Gasteiger partial charge in [0.05, 0.1) is 4.99 Å². The third kappa shape index (κ3) is 10.8. The fourth-order valence-electron chi connectivity index (χ4n) is 0.992. The number of thiocarbonyl (C=S) groups is 2. The highest BCUT2D eigenvalue weighted by Crippen LogP contribution is 2.17.